The quantitative estimate of drug-likeness (QED) is 0.743. The maximum Gasteiger partial charge on any atom is 0.272 e. The van der Waals surface area contributed by atoms with E-state index < -0.39 is 0 Å². The van der Waals surface area contributed by atoms with Crippen molar-refractivity contribution in [3.05, 3.63) is 17.5 Å². The van der Waals surface area contributed by atoms with Crippen molar-refractivity contribution < 1.29 is 4.79 Å². The molecule has 0 spiro atoms. The summed E-state index contributed by atoms with van der Waals surface area (Å²) in [5.74, 6) is 0.0408. The molecule has 1 aromatic heterocycles. The lowest BCUT2D eigenvalue weighted by Crippen LogP contribution is -2.49. The first-order chi connectivity index (χ1) is 9.15. The third-order valence-electron chi connectivity index (χ3n) is 3.37. The molecule has 102 valence electrons. The molecule has 6 heteroatoms. The number of piperazine rings is 1. The normalized spacial score (nSPS) is 16.4. The predicted octanol–water partition coefficient (Wildman–Crippen LogP) is 0.493. The summed E-state index contributed by atoms with van der Waals surface area (Å²) < 4.78 is 1.75. The Morgan fingerprint density at radius 3 is 2.68 bits per heavy atom. The second-order valence-electron chi connectivity index (χ2n) is 4.71. The molecule has 2 rings (SSSR count). The average molecular weight is 261 g/mol. The van der Waals surface area contributed by atoms with Crippen LogP contribution in [0.15, 0.2) is 6.07 Å². The molecule has 19 heavy (non-hydrogen) atoms. The van der Waals surface area contributed by atoms with Crippen molar-refractivity contribution in [1.29, 1.82) is 5.26 Å². The van der Waals surface area contributed by atoms with Gasteiger partial charge in [0.15, 0.2) is 0 Å². The average Bonchev–Trinajstić information content (AvgIpc) is 2.80. The smallest absolute Gasteiger partial charge is 0.272 e. The van der Waals surface area contributed by atoms with E-state index >= 15 is 0 Å². The lowest BCUT2D eigenvalue weighted by Gasteiger charge is -2.33. The second-order valence-corrected chi connectivity index (χ2v) is 4.71. The summed E-state index contributed by atoms with van der Waals surface area (Å²) >= 11 is 0. The molecule has 0 atom stereocenters. The Bertz CT molecular complexity index is 494. The summed E-state index contributed by atoms with van der Waals surface area (Å²) in [5, 5.41) is 13.0. The van der Waals surface area contributed by atoms with Gasteiger partial charge in [0.25, 0.3) is 5.91 Å². The highest BCUT2D eigenvalue weighted by Gasteiger charge is 2.24. The van der Waals surface area contributed by atoms with E-state index in [1.54, 1.807) is 4.68 Å². The van der Waals surface area contributed by atoms with E-state index in [9.17, 15) is 4.79 Å². The standard InChI is InChI=1S/C13H19N5O/c1-3-18-12(10-11(2)15-18)13(19)17-8-6-16(5-4-14)7-9-17/h10H,3,5-9H2,1-2H3. The van der Waals surface area contributed by atoms with Gasteiger partial charge in [-0.3, -0.25) is 14.4 Å². The third-order valence-corrected chi connectivity index (χ3v) is 3.37. The van der Waals surface area contributed by atoms with Gasteiger partial charge in [0.1, 0.15) is 5.69 Å². The van der Waals surface area contributed by atoms with Gasteiger partial charge in [0.05, 0.1) is 18.3 Å². The number of nitriles is 1. The number of hydrogen-bond acceptors (Lipinski definition) is 4. The van der Waals surface area contributed by atoms with E-state index in [1.165, 1.54) is 0 Å². The molecule has 1 amide bonds. The van der Waals surface area contributed by atoms with Gasteiger partial charge >= 0.3 is 0 Å². The molecule has 2 heterocycles. The number of aryl methyl sites for hydroxylation is 2. The van der Waals surface area contributed by atoms with Crippen LogP contribution in [0.3, 0.4) is 0 Å². The topological polar surface area (TPSA) is 65.2 Å². The molecule has 0 N–H and O–H groups in total. The number of aromatic nitrogens is 2. The lowest BCUT2D eigenvalue weighted by atomic mass is 10.2. The minimum Gasteiger partial charge on any atom is -0.335 e. The fourth-order valence-electron chi connectivity index (χ4n) is 2.33. The Hall–Kier alpha value is -1.87. The van der Waals surface area contributed by atoms with E-state index in [4.69, 9.17) is 5.26 Å². The van der Waals surface area contributed by atoms with Crippen LogP contribution < -0.4 is 0 Å². The van der Waals surface area contributed by atoms with Crippen molar-refractivity contribution in [2.24, 2.45) is 0 Å². The van der Waals surface area contributed by atoms with Crippen LogP contribution in [0.5, 0.6) is 0 Å². The molecular weight excluding hydrogens is 242 g/mol. The molecule has 6 nitrogen and oxygen atoms in total. The van der Waals surface area contributed by atoms with Crippen LogP contribution >= 0.6 is 0 Å². The van der Waals surface area contributed by atoms with Gasteiger partial charge in [0.2, 0.25) is 0 Å². The number of nitrogens with zero attached hydrogens (tertiary/aromatic N) is 5. The molecule has 1 aliphatic rings. The summed E-state index contributed by atoms with van der Waals surface area (Å²) in [4.78, 5) is 16.3. The zero-order valence-corrected chi connectivity index (χ0v) is 11.5. The third kappa shape index (κ3) is 2.93. The van der Waals surface area contributed by atoms with E-state index in [-0.39, 0.29) is 5.91 Å². The molecule has 1 aliphatic heterocycles. The zero-order valence-electron chi connectivity index (χ0n) is 11.5. The SMILES string of the molecule is CCn1nc(C)cc1C(=O)N1CCN(CC#N)CC1. The highest BCUT2D eigenvalue weighted by molar-refractivity contribution is 5.92. The molecule has 0 aliphatic carbocycles. The molecule has 1 aromatic rings. The molecule has 0 radical (unpaired) electrons. The molecule has 1 saturated heterocycles. The summed E-state index contributed by atoms with van der Waals surface area (Å²) in [6.07, 6.45) is 0. The molecule has 0 saturated carbocycles. The summed E-state index contributed by atoms with van der Waals surface area (Å²) in [5.41, 5.74) is 1.53. The predicted molar refractivity (Wildman–Crippen MR) is 70.6 cm³/mol. The van der Waals surface area contributed by atoms with Crippen molar-refractivity contribution in [2.75, 3.05) is 32.7 Å². The second kappa shape index (κ2) is 5.85. The van der Waals surface area contributed by atoms with Crippen LogP contribution in [0.2, 0.25) is 0 Å². The fraction of sp³-hybridized carbons (Fsp3) is 0.615. The number of carbonyl (C=O) groups is 1. The van der Waals surface area contributed by atoms with E-state index in [0.717, 1.165) is 18.8 Å². The van der Waals surface area contributed by atoms with Crippen LogP contribution in [0.25, 0.3) is 0 Å². The maximum absolute atomic E-state index is 12.4. The van der Waals surface area contributed by atoms with Crippen molar-refractivity contribution in [1.82, 2.24) is 19.6 Å². The molecule has 0 aromatic carbocycles. The first-order valence-electron chi connectivity index (χ1n) is 6.58. The highest BCUT2D eigenvalue weighted by atomic mass is 16.2. The van der Waals surface area contributed by atoms with Crippen LogP contribution in [0.4, 0.5) is 0 Å². The van der Waals surface area contributed by atoms with Crippen LogP contribution in [0, 0.1) is 18.3 Å². The number of amides is 1. The first kappa shape index (κ1) is 13.6. The van der Waals surface area contributed by atoms with E-state index in [2.05, 4.69) is 16.1 Å². The van der Waals surface area contributed by atoms with Crippen molar-refractivity contribution >= 4 is 5.91 Å². The molecular formula is C13H19N5O. The molecule has 0 unspecified atom stereocenters. The Kier molecular flexibility index (Phi) is 4.17. The van der Waals surface area contributed by atoms with Gasteiger partial charge in [0, 0.05) is 32.7 Å². The Labute approximate surface area is 113 Å². The van der Waals surface area contributed by atoms with E-state index in [0.29, 0.717) is 31.9 Å². The Balaban J connectivity index is 2.03. The largest absolute Gasteiger partial charge is 0.335 e. The van der Waals surface area contributed by atoms with Gasteiger partial charge in [-0.15, -0.1) is 0 Å². The minimum absolute atomic E-state index is 0.0408. The Morgan fingerprint density at radius 1 is 1.42 bits per heavy atom. The first-order valence-corrected chi connectivity index (χ1v) is 6.58. The zero-order chi connectivity index (χ0) is 13.8. The van der Waals surface area contributed by atoms with E-state index in [1.807, 2.05) is 24.8 Å². The lowest BCUT2D eigenvalue weighted by molar-refractivity contribution is 0.0639. The highest BCUT2D eigenvalue weighted by Crippen LogP contribution is 2.10. The summed E-state index contributed by atoms with van der Waals surface area (Å²) in [6.45, 7) is 7.89. The number of hydrogen-bond donors (Lipinski definition) is 0. The van der Waals surface area contributed by atoms with Gasteiger partial charge in [-0.25, -0.2) is 0 Å². The summed E-state index contributed by atoms with van der Waals surface area (Å²) in [7, 11) is 0. The molecule has 0 bridgehead atoms. The minimum atomic E-state index is 0.0408. The van der Waals surface area contributed by atoms with Gasteiger partial charge in [-0.2, -0.15) is 10.4 Å². The van der Waals surface area contributed by atoms with Gasteiger partial charge < -0.3 is 4.90 Å². The van der Waals surface area contributed by atoms with Gasteiger partial charge in [-0.1, -0.05) is 0 Å². The fourth-order valence-corrected chi connectivity index (χ4v) is 2.33. The summed E-state index contributed by atoms with van der Waals surface area (Å²) in [6, 6.07) is 3.98. The maximum atomic E-state index is 12.4. The van der Waals surface area contributed by atoms with Gasteiger partial charge in [-0.05, 0) is 19.9 Å². The molecule has 1 fully saturated rings. The van der Waals surface area contributed by atoms with Crippen LogP contribution in [0.1, 0.15) is 23.1 Å². The van der Waals surface area contributed by atoms with Crippen LogP contribution in [-0.2, 0) is 6.54 Å². The van der Waals surface area contributed by atoms with Crippen molar-refractivity contribution in [2.45, 2.75) is 20.4 Å². The van der Waals surface area contributed by atoms with Crippen LogP contribution in [-0.4, -0.2) is 58.2 Å². The monoisotopic (exact) mass is 261 g/mol. The van der Waals surface area contributed by atoms with Crippen molar-refractivity contribution in [3.8, 4) is 6.07 Å². The number of rotatable bonds is 3. The Morgan fingerprint density at radius 2 is 2.11 bits per heavy atom. The van der Waals surface area contributed by atoms with Crippen molar-refractivity contribution in [3.63, 3.8) is 0 Å². The number of carbonyl (C=O) groups excluding carboxylic acids is 1.